The standard InChI is InChI=1S/C28H28ClN3O2/c1-19-12-13-22(16-20(19)2)32-18-21(17-27(32)33)28-30-24-9-4-5-10-25(24)31(28)14-7-15-34-26-11-6-3-8-23(26)29/h3-6,8-13,16,21H,7,14-15,17-18H2,1-2H3. The van der Waals surface area contributed by atoms with Crippen LogP contribution in [0, 0.1) is 13.8 Å². The lowest BCUT2D eigenvalue weighted by atomic mass is 10.1. The molecule has 3 aromatic carbocycles. The number of fused-ring (bicyclic) bond motifs is 1. The van der Waals surface area contributed by atoms with Gasteiger partial charge in [-0.2, -0.15) is 0 Å². The molecule has 0 bridgehead atoms. The quantitative estimate of drug-likeness (QED) is 0.296. The molecule has 1 aromatic heterocycles. The van der Waals surface area contributed by atoms with Crippen molar-refractivity contribution in [2.75, 3.05) is 18.1 Å². The fourth-order valence-electron chi connectivity index (χ4n) is 4.63. The van der Waals surface area contributed by atoms with Gasteiger partial charge in [-0.3, -0.25) is 4.79 Å². The largest absolute Gasteiger partial charge is 0.492 e. The van der Waals surface area contributed by atoms with E-state index in [4.69, 9.17) is 21.3 Å². The fourth-order valence-corrected chi connectivity index (χ4v) is 4.82. The zero-order chi connectivity index (χ0) is 23.7. The molecule has 5 nitrogen and oxygen atoms in total. The number of nitrogens with zero attached hydrogens (tertiary/aromatic N) is 3. The molecule has 2 heterocycles. The SMILES string of the molecule is Cc1ccc(N2CC(c3nc4ccccc4n3CCCOc3ccccc3Cl)CC2=O)cc1C. The number of imidazole rings is 1. The first-order chi connectivity index (χ1) is 16.5. The van der Waals surface area contributed by atoms with E-state index in [1.165, 1.54) is 11.1 Å². The topological polar surface area (TPSA) is 47.4 Å². The molecule has 6 heteroatoms. The number of amides is 1. The van der Waals surface area contributed by atoms with Crippen molar-refractivity contribution in [2.45, 2.75) is 39.2 Å². The van der Waals surface area contributed by atoms with Crippen LogP contribution in [0.2, 0.25) is 5.02 Å². The van der Waals surface area contributed by atoms with Gasteiger partial charge in [0.1, 0.15) is 11.6 Å². The molecule has 0 spiro atoms. The summed E-state index contributed by atoms with van der Waals surface area (Å²) < 4.78 is 8.15. The van der Waals surface area contributed by atoms with E-state index in [0.717, 1.165) is 35.5 Å². The number of rotatable bonds is 7. The molecule has 1 aliphatic heterocycles. The summed E-state index contributed by atoms with van der Waals surface area (Å²) in [6.45, 7) is 6.12. The Hall–Kier alpha value is -3.31. The highest BCUT2D eigenvalue weighted by Gasteiger charge is 2.34. The minimum absolute atomic E-state index is 0.0472. The smallest absolute Gasteiger partial charge is 0.227 e. The number of aromatic nitrogens is 2. The third kappa shape index (κ3) is 4.40. The Kier molecular flexibility index (Phi) is 6.29. The van der Waals surface area contributed by atoms with Crippen LogP contribution >= 0.6 is 11.6 Å². The van der Waals surface area contributed by atoms with Crippen LogP contribution in [0.5, 0.6) is 5.75 Å². The molecule has 174 valence electrons. The lowest BCUT2D eigenvalue weighted by Crippen LogP contribution is -2.24. The summed E-state index contributed by atoms with van der Waals surface area (Å²) in [6.07, 6.45) is 1.27. The van der Waals surface area contributed by atoms with Gasteiger partial charge in [-0.25, -0.2) is 4.98 Å². The summed E-state index contributed by atoms with van der Waals surface area (Å²) in [7, 11) is 0. The van der Waals surface area contributed by atoms with Crippen LogP contribution in [0.15, 0.2) is 66.7 Å². The predicted molar refractivity (Wildman–Crippen MR) is 137 cm³/mol. The highest BCUT2D eigenvalue weighted by molar-refractivity contribution is 6.32. The average Bonchev–Trinajstić information content (AvgIpc) is 3.40. The third-order valence-corrected chi connectivity index (χ3v) is 6.91. The summed E-state index contributed by atoms with van der Waals surface area (Å²) >= 11 is 6.21. The first kappa shape index (κ1) is 22.5. The van der Waals surface area contributed by atoms with Crippen LogP contribution in [0.4, 0.5) is 5.69 Å². The van der Waals surface area contributed by atoms with Gasteiger partial charge >= 0.3 is 0 Å². The van der Waals surface area contributed by atoms with Crippen molar-refractivity contribution in [3.05, 3.63) is 88.7 Å². The Bertz CT molecular complexity index is 1350. The van der Waals surface area contributed by atoms with E-state index < -0.39 is 0 Å². The molecule has 0 N–H and O–H groups in total. The van der Waals surface area contributed by atoms with Gasteiger partial charge in [0.25, 0.3) is 0 Å². The van der Waals surface area contributed by atoms with Gasteiger partial charge in [0.05, 0.1) is 22.7 Å². The van der Waals surface area contributed by atoms with E-state index in [9.17, 15) is 4.79 Å². The number of aryl methyl sites for hydroxylation is 3. The molecule has 5 rings (SSSR count). The summed E-state index contributed by atoms with van der Waals surface area (Å²) in [5.41, 5.74) is 5.44. The molecule has 0 saturated carbocycles. The molecule has 1 amide bonds. The maximum absolute atomic E-state index is 13.0. The van der Waals surface area contributed by atoms with Crippen LogP contribution in [0.25, 0.3) is 11.0 Å². The zero-order valence-electron chi connectivity index (χ0n) is 19.5. The maximum atomic E-state index is 13.0. The first-order valence-electron chi connectivity index (χ1n) is 11.7. The van der Waals surface area contributed by atoms with Gasteiger partial charge < -0.3 is 14.2 Å². The number of anilines is 1. The molecule has 1 fully saturated rings. The van der Waals surface area contributed by atoms with Crippen LogP contribution in [-0.2, 0) is 11.3 Å². The molecule has 4 aromatic rings. The molecule has 1 saturated heterocycles. The maximum Gasteiger partial charge on any atom is 0.227 e. The molecule has 0 aliphatic carbocycles. The lowest BCUT2D eigenvalue weighted by Gasteiger charge is -2.18. The number of hydrogen-bond donors (Lipinski definition) is 0. The molecule has 1 unspecified atom stereocenters. The second kappa shape index (κ2) is 9.51. The Morgan fingerprint density at radius 1 is 1.03 bits per heavy atom. The summed E-state index contributed by atoms with van der Waals surface area (Å²) in [4.78, 5) is 19.9. The van der Waals surface area contributed by atoms with Crippen molar-refractivity contribution in [3.8, 4) is 5.75 Å². The van der Waals surface area contributed by atoms with Gasteiger partial charge in [-0.05, 0) is 67.8 Å². The number of para-hydroxylation sites is 3. The molecule has 1 atom stereocenters. The van der Waals surface area contributed by atoms with Crippen LogP contribution in [0.1, 0.15) is 35.7 Å². The second-order valence-electron chi connectivity index (χ2n) is 8.92. The van der Waals surface area contributed by atoms with Gasteiger partial charge in [-0.1, -0.05) is 41.9 Å². The van der Waals surface area contributed by atoms with E-state index in [1.807, 2.05) is 53.4 Å². The van der Waals surface area contributed by atoms with Gasteiger partial charge in [-0.15, -0.1) is 0 Å². The Balaban J connectivity index is 1.36. The fraction of sp³-hybridized carbons (Fsp3) is 0.286. The van der Waals surface area contributed by atoms with Gasteiger partial charge in [0, 0.05) is 31.1 Å². The van der Waals surface area contributed by atoms with Crippen molar-refractivity contribution in [1.29, 1.82) is 0 Å². The molecule has 1 aliphatic rings. The normalized spacial score (nSPS) is 15.9. The van der Waals surface area contributed by atoms with E-state index >= 15 is 0 Å². The highest BCUT2D eigenvalue weighted by atomic mass is 35.5. The van der Waals surface area contributed by atoms with Crippen molar-refractivity contribution in [1.82, 2.24) is 9.55 Å². The average molecular weight is 474 g/mol. The lowest BCUT2D eigenvalue weighted by molar-refractivity contribution is -0.117. The van der Waals surface area contributed by atoms with Crippen molar-refractivity contribution in [2.24, 2.45) is 0 Å². The Morgan fingerprint density at radius 3 is 2.65 bits per heavy atom. The number of carbonyl (C=O) groups excluding carboxylic acids is 1. The highest BCUT2D eigenvalue weighted by Crippen LogP contribution is 2.34. The molecular formula is C28H28ClN3O2. The minimum atomic E-state index is 0.0472. The summed E-state index contributed by atoms with van der Waals surface area (Å²) in [6, 6.07) is 21.9. The van der Waals surface area contributed by atoms with E-state index in [-0.39, 0.29) is 11.8 Å². The van der Waals surface area contributed by atoms with Crippen LogP contribution in [-0.4, -0.2) is 28.6 Å². The van der Waals surface area contributed by atoms with E-state index in [2.05, 4.69) is 36.6 Å². The zero-order valence-corrected chi connectivity index (χ0v) is 20.3. The first-order valence-corrected chi connectivity index (χ1v) is 12.1. The van der Waals surface area contributed by atoms with Gasteiger partial charge in [0.15, 0.2) is 0 Å². The van der Waals surface area contributed by atoms with Gasteiger partial charge in [0.2, 0.25) is 5.91 Å². The Labute approximate surface area is 204 Å². The number of halogens is 1. The molecule has 0 radical (unpaired) electrons. The molecule has 34 heavy (non-hydrogen) atoms. The van der Waals surface area contributed by atoms with E-state index in [1.54, 1.807) is 0 Å². The monoisotopic (exact) mass is 473 g/mol. The summed E-state index contributed by atoms with van der Waals surface area (Å²) in [5.74, 6) is 1.86. The second-order valence-corrected chi connectivity index (χ2v) is 9.32. The van der Waals surface area contributed by atoms with Crippen LogP contribution in [0.3, 0.4) is 0 Å². The Morgan fingerprint density at radius 2 is 1.82 bits per heavy atom. The summed E-state index contributed by atoms with van der Waals surface area (Å²) in [5, 5.41) is 0.618. The minimum Gasteiger partial charge on any atom is -0.492 e. The predicted octanol–water partition coefficient (Wildman–Crippen LogP) is 6.30. The third-order valence-electron chi connectivity index (χ3n) is 6.60. The number of carbonyl (C=O) groups is 1. The van der Waals surface area contributed by atoms with Crippen molar-refractivity contribution >= 4 is 34.2 Å². The van der Waals surface area contributed by atoms with Crippen molar-refractivity contribution < 1.29 is 9.53 Å². The van der Waals surface area contributed by atoms with Crippen LogP contribution < -0.4 is 9.64 Å². The number of ether oxygens (including phenoxy) is 1. The molecular weight excluding hydrogens is 446 g/mol. The van der Waals surface area contributed by atoms with Crippen molar-refractivity contribution in [3.63, 3.8) is 0 Å². The number of benzene rings is 3. The van der Waals surface area contributed by atoms with E-state index in [0.29, 0.717) is 30.3 Å². The number of hydrogen-bond acceptors (Lipinski definition) is 3.